The Morgan fingerprint density at radius 1 is 1.21 bits per heavy atom. The molecular weight excluding hydrogens is 232 g/mol. The van der Waals surface area contributed by atoms with Gasteiger partial charge in [0.2, 0.25) is 0 Å². The third-order valence-electron chi connectivity index (χ3n) is 4.66. The normalized spacial score (nSPS) is 27.4. The van der Waals surface area contributed by atoms with E-state index < -0.39 is 0 Å². The van der Waals surface area contributed by atoms with E-state index >= 15 is 0 Å². The molecule has 2 heterocycles. The van der Waals surface area contributed by atoms with Crippen LogP contribution in [0.3, 0.4) is 0 Å². The van der Waals surface area contributed by atoms with Crippen LogP contribution in [-0.4, -0.2) is 24.0 Å². The van der Waals surface area contributed by atoms with Crippen molar-refractivity contribution < 1.29 is 0 Å². The van der Waals surface area contributed by atoms with Gasteiger partial charge in [0, 0.05) is 17.8 Å². The highest BCUT2D eigenvalue weighted by atomic mass is 15.2. The number of nitrogens with zero attached hydrogens (tertiary/aromatic N) is 1. The maximum atomic E-state index is 3.65. The van der Waals surface area contributed by atoms with Crippen LogP contribution in [0.4, 0.5) is 5.69 Å². The topological polar surface area (TPSA) is 15.3 Å². The summed E-state index contributed by atoms with van der Waals surface area (Å²) in [6.07, 6.45) is 3.99. The van der Waals surface area contributed by atoms with Crippen LogP contribution >= 0.6 is 0 Å². The number of rotatable bonds is 2. The highest BCUT2D eigenvalue weighted by Gasteiger charge is 2.30. The van der Waals surface area contributed by atoms with Crippen molar-refractivity contribution in [1.29, 1.82) is 0 Å². The highest BCUT2D eigenvalue weighted by molar-refractivity contribution is 5.57. The number of hydrogen-bond acceptors (Lipinski definition) is 2. The monoisotopic (exact) mass is 258 g/mol. The van der Waals surface area contributed by atoms with Crippen molar-refractivity contribution in [3.63, 3.8) is 0 Å². The molecule has 2 heteroatoms. The first-order chi connectivity index (χ1) is 9.15. The fourth-order valence-electron chi connectivity index (χ4n) is 3.53. The minimum atomic E-state index is 0.586. The van der Waals surface area contributed by atoms with Crippen LogP contribution in [0.25, 0.3) is 0 Å². The standard InChI is InChI=1S/C17H26N2/c1-12(2)14-6-7-16-15(11-14)17(10-13(3)18-16)19-8-4-5-9-19/h6-7,11-13,17-18H,4-5,8-10H2,1-3H3. The van der Waals surface area contributed by atoms with Gasteiger partial charge in [-0.2, -0.15) is 0 Å². The van der Waals surface area contributed by atoms with Gasteiger partial charge in [0.1, 0.15) is 0 Å². The number of likely N-dealkylation sites (tertiary alicyclic amines) is 1. The quantitative estimate of drug-likeness (QED) is 0.857. The van der Waals surface area contributed by atoms with Gasteiger partial charge in [0.25, 0.3) is 0 Å². The van der Waals surface area contributed by atoms with Gasteiger partial charge in [-0.1, -0.05) is 26.0 Å². The van der Waals surface area contributed by atoms with E-state index in [1.807, 2.05) is 0 Å². The molecule has 0 aliphatic carbocycles. The predicted octanol–water partition coefficient (Wildman–Crippen LogP) is 4.15. The zero-order valence-corrected chi connectivity index (χ0v) is 12.4. The predicted molar refractivity (Wildman–Crippen MR) is 81.8 cm³/mol. The second kappa shape index (κ2) is 5.16. The van der Waals surface area contributed by atoms with E-state index in [2.05, 4.69) is 49.2 Å². The smallest absolute Gasteiger partial charge is 0.0391 e. The van der Waals surface area contributed by atoms with Crippen LogP contribution in [0.5, 0.6) is 0 Å². The molecule has 0 amide bonds. The lowest BCUT2D eigenvalue weighted by Gasteiger charge is -2.37. The first-order valence-corrected chi connectivity index (χ1v) is 7.79. The molecule has 0 spiro atoms. The molecule has 104 valence electrons. The van der Waals surface area contributed by atoms with Gasteiger partial charge >= 0.3 is 0 Å². The summed E-state index contributed by atoms with van der Waals surface area (Å²) in [6.45, 7) is 9.44. The van der Waals surface area contributed by atoms with Crippen molar-refractivity contribution in [3.8, 4) is 0 Å². The summed E-state index contributed by atoms with van der Waals surface area (Å²) in [5.41, 5.74) is 4.37. The number of nitrogens with one attached hydrogen (secondary N) is 1. The van der Waals surface area contributed by atoms with Crippen molar-refractivity contribution in [1.82, 2.24) is 4.90 Å². The SMILES string of the molecule is CC1CC(N2CCCC2)c2cc(C(C)C)ccc2N1. The second-order valence-corrected chi connectivity index (χ2v) is 6.54. The van der Waals surface area contributed by atoms with Crippen LogP contribution in [0.15, 0.2) is 18.2 Å². The zero-order chi connectivity index (χ0) is 13.4. The molecule has 1 N–H and O–H groups in total. The Morgan fingerprint density at radius 3 is 2.63 bits per heavy atom. The van der Waals surface area contributed by atoms with Crippen LogP contribution in [0, 0.1) is 0 Å². The fraction of sp³-hybridized carbons (Fsp3) is 0.647. The maximum Gasteiger partial charge on any atom is 0.0391 e. The molecule has 19 heavy (non-hydrogen) atoms. The minimum absolute atomic E-state index is 0.586. The maximum absolute atomic E-state index is 3.65. The molecule has 0 aromatic heterocycles. The van der Waals surface area contributed by atoms with Gasteiger partial charge in [-0.05, 0) is 62.4 Å². The molecule has 1 saturated heterocycles. The summed E-state index contributed by atoms with van der Waals surface area (Å²) in [5.74, 6) is 0.615. The molecule has 2 aliphatic heterocycles. The summed E-state index contributed by atoms with van der Waals surface area (Å²) in [7, 11) is 0. The third kappa shape index (κ3) is 2.51. The molecule has 3 rings (SSSR count). The molecule has 1 aromatic rings. The first-order valence-electron chi connectivity index (χ1n) is 7.79. The molecule has 0 bridgehead atoms. The van der Waals surface area contributed by atoms with Crippen molar-refractivity contribution in [3.05, 3.63) is 29.3 Å². The molecule has 1 aromatic carbocycles. The van der Waals surface area contributed by atoms with Crippen LogP contribution < -0.4 is 5.32 Å². The van der Waals surface area contributed by atoms with Crippen LogP contribution in [0.1, 0.15) is 63.1 Å². The lowest BCUT2D eigenvalue weighted by atomic mass is 9.89. The molecule has 2 atom stereocenters. The highest BCUT2D eigenvalue weighted by Crippen LogP contribution is 2.39. The van der Waals surface area contributed by atoms with Crippen LogP contribution in [0.2, 0.25) is 0 Å². The number of benzene rings is 1. The second-order valence-electron chi connectivity index (χ2n) is 6.54. The average molecular weight is 258 g/mol. The van der Waals surface area contributed by atoms with E-state index in [1.54, 1.807) is 0 Å². The summed E-state index contributed by atoms with van der Waals surface area (Å²) in [4.78, 5) is 2.69. The number of anilines is 1. The summed E-state index contributed by atoms with van der Waals surface area (Å²) in [6, 6.07) is 8.25. The minimum Gasteiger partial charge on any atom is -0.382 e. The zero-order valence-electron chi connectivity index (χ0n) is 12.4. The average Bonchev–Trinajstić information content (AvgIpc) is 2.90. The van der Waals surface area contributed by atoms with Gasteiger partial charge in [0.05, 0.1) is 0 Å². The van der Waals surface area contributed by atoms with Crippen molar-refractivity contribution in [2.24, 2.45) is 0 Å². The molecule has 1 fully saturated rings. The molecule has 2 aliphatic rings. The Bertz CT molecular complexity index is 447. The van der Waals surface area contributed by atoms with Gasteiger partial charge in [-0.15, -0.1) is 0 Å². The molecule has 2 nitrogen and oxygen atoms in total. The van der Waals surface area contributed by atoms with Crippen LogP contribution in [-0.2, 0) is 0 Å². The first kappa shape index (κ1) is 13.0. The van der Waals surface area contributed by atoms with E-state index in [-0.39, 0.29) is 0 Å². The number of fused-ring (bicyclic) bond motifs is 1. The molecular formula is C17H26N2. The fourth-order valence-corrected chi connectivity index (χ4v) is 3.53. The Balaban J connectivity index is 1.96. The van der Waals surface area contributed by atoms with Gasteiger partial charge in [0.15, 0.2) is 0 Å². The molecule has 2 unspecified atom stereocenters. The third-order valence-corrected chi connectivity index (χ3v) is 4.66. The van der Waals surface area contributed by atoms with E-state index in [0.29, 0.717) is 18.0 Å². The van der Waals surface area contributed by atoms with Crippen molar-refractivity contribution >= 4 is 5.69 Å². The van der Waals surface area contributed by atoms with Gasteiger partial charge in [-0.3, -0.25) is 4.90 Å². The lowest BCUT2D eigenvalue weighted by molar-refractivity contribution is 0.223. The summed E-state index contributed by atoms with van der Waals surface area (Å²) >= 11 is 0. The molecule has 0 radical (unpaired) electrons. The Hall–Kier alpha value is -1.02. The van der Waals surface area contributed by atoms with E-state index in [4.69, 9.17) is 0 Å². The van der Waals surface area contributed by atoms with E-state index in [0.717, 1.165) is 0 Å². The van der Waals surface area contributed by atoms with Gasteiger partial charge in [-0.25, -0.2) is 0 Å². The van der Waals surface area contributed by atoms with E-state index in [9.17, 15) is 0 Å². The molecule has 0 saturated carbocycles. The Labute approximate surface area is 117 Å². The summed E-state index contributed by atoms with van der Waals surface area (Å²) < 4.78 is 0. The largest absolute Gasteiger partial charge is 0.382 e. The lowest BCUT2D eigenvalue weighted by Crippen LogP contribution is -2.35. The van der Waals surface area contributed by atoms with E-state index in [1.165, 1.54) is 49.2 Å². The van der Waals surface area contributed by atoms with Gasteiger partial charge < -0.3 is 5.32 Å². The van der Waals surface area contributed by atoms with Crippen molar-refractivity contribution in [2.75, 3.05) is 18.4 Å². The Kier molecular flexibility index (Phi) is 3.53. The number of hydrogen-bond donors (Lipinski definition) is 1. The summed E-state index contributed by atoms with van der Waals surface area (Å²) in [5, 5.41) is 3.65. The Morgan fingerprint density at radius 2 is 1.95 bits per heavy atom. The van der Waals surface area contributed by atoms with Crippen molar-refractivity contribution in [2.45, 2.75) is 58.0 Å².